The third-order valence-electron chi connectivity index (χ3n) is 9.85. The number of rotatable bonds is 7. The number of benzene rings is 6. The highest BCUT2D eigenvalue weighted by molar-refractivity contribution is 7.85. The maximum atomic E-state index is 16.3. The molecule has 0 saturated heterocycles. The van der Waals surface area contributed by atoms with Gasteiger partial charge in [-0.2, -0.15) is 0 Å². The number of hydrogen-bond donors (Lipinski definition) is 0. The largest absolute Gasteiger partial charge is 0.313 e. The Labute approximate surface area is 281 Å². The van der Waals surface area contributed by atoms with Gasteiger partial charge in [-0.05, 0) is 57.3 Å². The van der Waals surface area contributed by atoms with E-state index in [1.807, 2.05) is 121 Å². The van der Waals surface area contributed by atoms with Gasteiger partial charge in [0.25, 0.3) is 0 Å². The number of hydrogen-bond acceptors (Lipinski definition) is 2. The van der Waals surface area contributed by atoms with Gasteiger partial charge in [-0.25, -0.2) is 0 Å². The summed E-state index contributed by atoms with van der Waals surface area (Å²) in [4.78, 5) is 0. The smallest absolute Gasteiger partial charge is 0.171 e. The average Bonchev–Trinajstić information content (AvgIpc) is 3.18. The van der Waals surface area contributed by atoms with Crippen molar-refractivity contribution in [1.82, 2.24) is 0 Å². The first-order valence-electron chi connectivity index (χ1n) is 16.7. The Kier molecular flexibility index (Phi) is 8.09. The summed E-state index contributed by atoms with van der Waals surface area (Å²) in [6.45, 7) is 0. The Morgan fingerprint density at radius 1 is 0.458 bits per heavy atom. The van der Waals surface area contributed by atoms with Crippen LogP contribution in [0.2, 0.25) is 0 Å². The monoisotopic (exact) mass is 658 g/mol. The standard InChI is InChI=1S/C44H36O2P2/c45-47(35-19-5-1-6-20-35,36-21-7-2-8-22-36)41-31-29-33-17-13-15-27-39(33)43(41)44-40-28-16-14-18-34(40)30-32-42(44)48(46,37-23-9-3-10-24-37)38-25-11-4-12-26-38/h1-13,15,17-30,32,41H,14,16,31H2/t41-/m1/s1. The van der Waals surface area contributed by atoms with Gasteiger partial charge in [0.2, 0.25) is 0 Å². The summed E-state index contributed by atoms with van der Waals surface area (Å²) in [5, 5.41) is 8.46. The Morgan fingerprint density at radius 2 is 0.958 bits per heavy atom. The van der Waals surface area contributed by atoms with Crippen LogP contribution in [0.3, 0.4) is 0 Å². The van der Waals surface area contributed by atoms with E-state index in [0.717, 1.165) is 71.4 Å². The first-order valence-corrected chi connectivity index (χ1v) is 20.1. The van der Waals surface area contributed by atoms with Crippen LogP contribution in [-0.2, 0) is 9.13 Å². The summed E-state index contributed by atoms with van der Waals surface area (Å²) in [5.74, 6) is 0. The summed E-state index contributed by atoms with van der Waals surface area (Å²) >= 11 is 0. The molecule has 2 nitrogen and oxygen atoms in total. The van der Waals surface area contributed by atoms with Crippen molar-refractivity contribution in [1.29, 1.82) is 0 Å². The van der Waals surface area contributed by atoms with E-state index in [4.69, 9.17) is 0 Å². The van der Waals surface area contributed by atoms with Crippen molar-refractivity contribution in [2.24, 2.45) is 0 Å². The molecule has 0 N–H and O–H groups in total. The van der Waals surface area contributed by atoms with Gasteiger partial charge in [-0.15, -0.1) is 0 Å². The van der Waals surface area contributed by atoms with Crippen LogP contribution >= 0.6 is 14.3 Å². The zero-order valence-corrected chi connectivity index (χ0v) is 28.4. The van der Waals surface area contributed by atoms with Crippen LogP contribution in [-0.4, -0.2) is 5.66 Å². The van der Waals surface area contributed by atoms with Crippen molar-refractivity contribution in [3.63, 3.8) is 0 Å². The first-order chi connectivity index (χ1) is 23.6. The highest BCUT2D eigenvalue weighted by atomic mass is 31.2. The van der Waals surface area contributed by atoms with E-state index >= 15 is 9.13 Å². The molecule has 1 atom stereocenters. The van der Waals surface area contributed by atoms with Crippen molar-refractivity contribution < 1.29 is 9.13 Å². The Morgan fingerprint density at radius 3 is 1.54 bits per heavy atom. The van der Waals surface area contributed by atoms with Gasteiger partial charge in [0, 0.05) is 26.5 Å². The quantitative estimate of drug-likeness (QED) is 0.214. The van der Waals surface area contributed by atoms with Crippen LogP contribution in [0.1, 0.15) is 24.8 Å². The molecular formula is C44H36O2P2. The van der Waals surface area contributed by atoms with E-state index in [2.05, 4.69) is 54.6 Å². The van der Waals surface area contributed by atoms with E-state index in [-0.39, 0.29) is 5.66 Å². The molecule has 8 rings (SSSR count). The fourth-order valence-corrected chi connectivity index (χ4v) is 13.8. The van der Waals surface area contributed by atoms with Crippen molar-refractivity contribution in [2.45, 2.75) is 24.9 Å². The van der Waals surface area contributed by atoms with Gasteiger partial charge in [-0.1, -0.05) is 170 Å². The molecule has 0 unspecified atom stereocenters. The molecular weight excluding hydrogens is 622 g/mol. The molecule has 2 aliphatic rings. The molecule has 6 aromatic rings. The second-order valence-electron chi connectivity index (χ2n) is 12.5. The van der Waals surface area contributed by atoms with Gasteiger partial charge in [-0.3, -0.25) is 0 Å². The Balaban J connectivity index is 1.55. The second kappa shape index (κ2) is 12.7. The minimum absolute atomic E-state index is 0.377. The molecule has 0 fully saturated rings. The third kappa shape index (κ3) is 5.03. The fraction of sp³-hybridized carbons (Fsp3) is 0.0909. The van der Waals surface area contributed by atoms with Crippen LogP contribution in [0, 0.1) is 0 Å². The molecule has 0 aliphatic heterocycles. The van der Waals surface area contributed by atoms with Gasteiger partial charge < -0.3 is 9.13 Å². The van der Waals surface area contributed by atoms with Gasteiger partial charge in [0.1, 0.15) is 0 Å². The summed E-state index contributed by atoms with van der Waals surface area (Å²) in [5.41, 5.74) is 1.62. The van der Waals surface area contributed by atoms with E-state index in [1.165, 1.54) is 0 Å². The molecule has 0 bridgehead atoms. The lowest BCUT2D eigenvalue weighted by molar-refractivity contribution is 0.583. The predicted molar refractivity (Wildman–Crippen MR) is 204 cm³/mol. The van der Waals surface area contributed by atoms with Crippen LogP contribution in [0.4, 0.5) is 0 Å². The lowest BCUT2D eigenvalue weighted by Gasteiger charge is -2.34. The summed E-state index contributed by atoms with van der Waals surface area (Å²) in [7, 11) is -6.73. The lowest BCUT2D eigenvalue weighted by atomic mass is 9.90. The predicted octanol–water partition coefficient (Wildman–Crippen LogP) is 5.45. The number of fused-ring (bicyclic) bond motifs is 2. The van der Waals surface area contributed by atoms with Gasteiger partial charge in [0.15, 0.2) is 14.3 Å². The Hall–Kier alpha value is -4.74. The normalized spacial score (nSPS) is 15.7. The van der Waals surface area contributed by atoms with Crippen molar-refractivity contribution in [3.05, 3.63) is 184 Å². The highest BCUT2D eigenvalue weighted by Gasteiger charge is 2.42. The molecule has 48 heavy (non-hydrogen) atoms. The first kappa shape index (κ1) is 30.6. The average molecular weight is 659 g/mol. The topological polar surface area (TPSA) is 34.1 Å². The molecule has 0 spiro atoms. The molecule has 4 heteroatoms. The molecule has 0 radical (unpaired) electrons. The molecule has 2 aliphatic carbocycles. The zero-order valence-electron chi connectivity index (χ0n) is 26.7. The van der Waals surface area contributed by atoms with Crippen LogP contribution in [0.15, 0.2) is 158 Å². The van der Waals surface area contributed by atoms with Crippen LogP contribution < -0.4 is 47.4 Å². The molecule has 234 valence electrons. The van der Waals surface area contributed by atoms with Crippen LogP contribution in [0.25, 0.3) is 23.8 Å². The Bertz CT molecular complexity index is 2390. The molecule has 6 aromatic carbocycles. The van der Waals surface area contributed by atoms with Crippen LogP contribution in [0.5, 0.6) is 0 Å². The summed E-state index contributed by atoms with van der Waals surface area (Å²) in [6, 6.07) is 52.6. The molecule has 0 aromatic heterocycles. The minimum Gasteiger partial charge on any atom is -0.313 e. The summed E-state index contributed by atoms with van der Waals surface area (Å²) < 4.78 is 32.6. The van der Waals surface area contributed by atoms with E-state index in [9.17, 15) is 0 Å². The van der Waals surface area contributed by atoms with Crippen molar-refractivity contribution in [3.8, 4) is 0 Å². The summed E-state index contributed by atoms with van der Waals surface area (Å²) in [6.07, 6.45) is 9.31. The molecule has 0 heterocycles. The van der Waals surface area contributed by atoms with Gasteiger partial charge >= 0.3 is 0 Å². The highest BCUT2D eigenvalue weighted by Crippen LogP contribution is 2.55. The minimum atomic E-state index is -3.42. The maximum absolute atomic E-state index is 16.3. The van der Waals surface area contributed by atoms with Crippen molar-refractivity contribution in [2.75, 3.05) is 0 Å². The second-order valence-corrected chi connectivity index (χ2v) is 18.2. The third-order valence-corrected chi connectivity index (χ3v) is 16.4. The fourth-order valence-electron chi connectivity index (χ4n) is 7.63. The van der Waals surface area contributed by atoms with Gasteiger partial charge in [0.05, 0.1) is 5.66 Å². The van der Waals surface area contributed by atoms with Crippen molar-refractivity contribution >= 4 is 64.6 Å². The zero-order chi connectivity index (χ0) is 32.6. The SMILES string of the molecule is O=P(c1ccccc1)(c1ccccc1)c1ccc2c(c1C1=c3ccccc3=CC[C@H]1P(=O)(c1ccccc1)c1ccccc1)=CCCC=2. The molecule has 0 saturated carbocycles. The van der Waals surface area contributed by atoms with E-state index < -0.39 is 14.3 Å². The van der Waals surface area contributed by atoms with E-state index in [1.54, 1.807) is 0 Å². The van der Waals surface area contributed by atoms with E-state index in [0.29, 0.717) is 6.42 Å². The lowest BCUT2D eigenvalue weighted by Crippen LogP contribution is -2.45. The maximum Gasteiger partial charge on any atom is 0.171 e. The molecule has 0 amide bonds.